The van der Waals surface area contributed by atoms with E-state index in [9.17, 15) is 22.0 Å². The SMILES string of the molecule is C=C/C=C(\C=C(/F)c1cc2c(C(=O)NC)c(-c3ccc(F)cc3)oc2cc1N(C)S(C)(=O)=O)c1cc2cc(F)ccc2[nH]1. The number of benzene rings is 3. The second-order valence-corrected chi connectivity index (χ2v) is 11.8. The second kappa shape index (κ2) is 11.3. The van der Waals surface area contributed by atoms with Crippen molar-refractivity contribution in [3.8, 4) is 11.3 Å². The molecule has 0 unspecified atom stereocenters. The van der Waals surface area contributed by atoms with Gasteiger partial charge in [0.05, 0.1) is 17.5 Å². The van der Waals surface area contributed by atoms with Gasteiger partial charge in [0.25, 0.3) is 5.91 Å². The molecule has 0 saturated carbocycles. The zero-order valence-corrected chi connectivity index (χ0v) is 24.2. The molecule has 0 atom stereocenters. The Balaban J connectivity index is 1.76. The number of nitrogens with zero attached hydrogens (tertiary/aromatic N) is 1. The number of aromatic amines is 1. The molecule has 0 aliphatic rings. The lowest BCUT2D eigenvalue weighted by atomic mass is 10.0. The predicted octanol–water partition coefficient (Wildman–Crippen LogP) is 7.19. The molecule has 11 heteroatoms. The number of hydrogen-bond acceptors (Lipinski definition) is 4. The van der Waals surface area contributed by atoms with Crippen LogP contribution < -0.4 is 9.62 Å². The van der Waals surface area contributed by atoms with Crippen molar-refractivity contribution in [1.82, 2.24) is 10.3 Å². The zero-order chi connectivity index (χ0) is 31.1. The van der Waals surface area contributed by atoms with Crippen molar-refractivity contribution in [2.45, 2.75) is 0 Å². The third kappa shape index (κ3) is 5.71. The molecule has 2 N–H and O–H groups in total. The molecule has 0 aliphatic heterocycles. The summed E-state index contributed by atoms with van der Waals surface area (Å²) in [6.07, 6.45) is 5.15. The molecule has 5 aromatic rings. The highest BCUT2D eigenvalue weighted by Crippen LogP contribution is 2.40. The summed E-state index contributed by atoms with van der Waals surface area (Å²) in [6, 6.07) is 13.8. The molecule has 1 amide bonds. The van der Waals surface area contributed by atoms with Gasteiger partial charge < -0.3 is 14.7 Å². The van der Waals surface area contributed by atoms with Crippen LogP contribution in [-0.4, -0.2) is 39.7 Å². The number of nitrogens with one attached hydrogen (secondary N) is 2. The lowest BCUT2D eigenvalue weighted by Crippen LogP contribution is -2.25. The van der Waals surface area contributed by atoms with E-state index < -0.39 is 33.4 Å². The number of fused-ring (bicyclic) bond motifs is 2. The Kier molecular flexibility index (Phi) is 7.76. The normalized spacial score (nSPS) is 12.6. The van der Waals surface area contributed by atoms with Crippen LogP contribution >= 0.6 is 0 Å². The van der Waals surface area contributed by atoms with Gasteiger partial charge in [-0.05, 0) is 60.7 Å². The number of allylic oxidation sites excluding steroid dienone is 4. The Bertz CT molecular complexity index is 2070. The topological polar surface area (TPSA) is 95.4 Å². The van der Waals surface area contributed by atoms with Gasteiger partial charge in [0.2, 0.25) is 10.0 Å². The number of rotatable bonds is 8. The fourth-order valence-corrected chi connectivity index (χ4v) is 5.24. The quantitative estimate of drug-likeness (QED) is 0.183. The second-order valence-electron chi connectivity index (χ2n) is 9.75. The monoisotopic (exact) mass is 605 g/mol. The van der Waals surface area contributed by atoms with E-state index in [-0.39, 0.29) is 33.5 Å². The molecular formula is C32H26F3N3O4S. The molecule has 2 aromatic heterocycles. The van der Waals surface area contributed by atoms with Gasteiger partial charge >= 0.3 is 0 Å². The van der Waals surface area contributed by atoms with Crippen LogP contribution in [0, 0.1) is 11.6 Å². The number of carbonyl (C=O) groups excluding carboxylic acids is 1. The van der Waals surface area contributed by atoms with Gasteiger partial charge in [0.1, 0.15) is 28.8 Å². The first kappa shape index (κ1) is 29.5. The van der Waals surface area contributed by atoms with Gasteiger partial charge in [-0.1, -0.05) is 18.7 Å². The molecule has 43 heavy (non-hydrogen) atoms. The minimum atomic E-state index is -3.87. The lowest BCUT2D eigenvalue weighted by molar-refractivity contribution is 0.0964. The molecular weight excluding hydrogens is 579 g/mol. The van der Waals surface area contributed by atoms with Crippen molar-refractivity contribution in [1.29, 1.82) is 0 Å². The van der Waals surface area contributed by atoms with E-state index in [1.54, 1.807) is 18.2 Å². The van der Waals surface area contributed by atoms with Crippen molar-refractivity contribution in [3.63, 3.8) is 0 Å². The summed E-state index contributed by atoms with van der Waals surface area (Å²) < 4.78 is 75.9. The minimum Gasteiger partial charge on any atom is -0.455 e. The molecule has 3 aromatic carbocycles. The molecule has 0 aliphatic carbocycles. The van der Waals surface area contributed by atoms with Gasteiger partial charge in [0.15, 0.2) is 0 Å². The van der Waals surface area contributed by atoms with Gasteiger partial charge in [-0.3, -0.25) is 9.10 Å². The summed E-state index contributed by atoms with van der Waals surface area (Å²) in [7, 11) is -1.18. The number of sulfonamides is 1. The van der Waals surface area contributed by atoms with Gasteiger partial charge in [-0.15, -0.1) is 0 Å². The Morgan fingerprint density at radius 3 is 2.40 bits per heavy atom. The van der Waals surface area contributed by atoms with Crippen LogP contribution in [0.3, 0.4) is 0 Å². The Morgan fingerprint density at radius 1 is 1.05 bits per heavy atom. The summed E-state index contributed by atoms with van der Waals surface area (Å²) in [5, 5.41) is 3.32. The molecule has 0 radical (unpaired) electrons. The summed E-state index contributed by atoms with van der Waals surface area (Å²) >= 11 is 0. The number of carbonyl (C=O) groups is 1. The zero-order valence-electron chi connectivity index (χ0n) is 23.3. The average Bonchev–Trinajstić information content (AvgIpc) is 3.56. The van der Waals surface area contributed by atoms with Crippen molar-refractivity contribution in [3.05, 3.63) is 114 Å². The Labute approximate surface area is 245 Å². The highest BCUT2D eigenvalue weighted by Gasteiger charge is 2.26. The third-order valence-electron chi connectivity index (χ3n) is 6.93. The van der Waals surface area contributed by atoms with Crippen LogP contribution in [0.4, 0.5) is 18.9 Å². The average molecular weight is 606 g/mol. The van der Waals surface area contributed by atoms with Crippen molar-refractivity contribution in [2.24, 2.45) is 0 Å². The fraction of sp³-hybridized carbons (Fsp3) is 0.0938. The number of hydrogen-bond donors (Lipinski definition) is 2. The van der Waals surface area contributed by atoms with Crippen LogP contribution in [0.15, 0.2) is 89.9 Å². The van der Waals surface area contributed by atoms with Crippen LogP contribution in [0.1, 0.15) is 21.6 Å². The maximum absolute atomic E-state index is 16.4. The number of furan rings is 1. The summed E-state index contributed by atoms with van der Waals surface area (Å²) in [5.74, 6) is -2.20. The summed E-state index contributed by atoms with van der Waals surface area (Å²) in [6.45, 7) is 3.70. The first-order valence-electron chi connectivity index (χ1n) is 12.9. The fourth-order valence-electron chi connectivity index (χ4n) is 4.73. The molecule has 0 bridgehead atoms. The highest BCUT2D eigenvalue weighted by atomic mass is 32.2. The van der Waals surface area contributed by atoms with Gasteiger partial charge in [-0.25, -0.2) is 21.6 Å². The third-order valence-corrected chi connectivity index (χ3v) is 8.13. The number of amides is 1. The van der Waals surface area contributed by atoms with E-state index in [1.807, 2.05) is 0 Å². The van der Waals surface area contributed by atoms with Crippen molar-refractivity contribution in [2.75, 3.05) is 24.7 Å². The van der Waals surface area contributed by atoms with Crippen molar-refractivity contribution < 1.29 is 30.8 Å². The number of aromatic nitrogens is 1. The van der Waals surface area contributed by atoms with E-state index in [0.717, 1.165) is 10.6 Å². The van der Waals surface area contributed by atoms with E-state index in [1.165, 1.54) is 74.8 Å². The van der Waals surface area contributed by atoms with Crippen LogP contribution in [0.2, 0.25) is 0 Å². The summed E-state index contributed by atoms with van der Waals surface area (Å²) in [4.78, 5) is 16.2. The van der Waals surface area contributed by atoms with Crippen molar-refractivity contribution >= 4 is 54.9 Å². The number of anilines is 1. The van der Waals surface area contributed by atoms with E-state index in [4.69, 9.17) is 4.42 Å². The minimum absolute atomic E-state index is 0.0525. The molecule has 7 nitrogen and oxygen atoms in total. The highest BCUT2D eigenvalue weighted by molar-refractivity contribution is 7.92. The standard InChI is InChI=1S/C32H26F3N3O4S/c1-5-6-19(27-15-20-13-22(34)11-12-26(20)37-27)14-25(35)23-16-24-29(17-28(23)38(3)43(4,40)41)42-31(30(24)32(39)36-2)18-7-9-21(33)10-8-18/h5-17,37H,1H2,2-4H3,(H,36,39)/b19-6+,25-14-. The molecule has 0 spiro atoms. The number of halogens is 3. The van der Waals surface area contributed by atoms with E-state index >= 15 is 4.39 Å². The molecule has 220 valence electrons. The largest absolute Gasteiger partial charge is 0.455 e. The van der Waals surface area contributed by atoms with Crippen LogP contribution in [0.5, 0.6) is 0 Å². The first-order valence-corrected chi connectivity index (χ1v) is 14.8. The smallest absolute Gasteiger partial charge is 0.255 e. The molecule has 2 heterocycles. The Morgan fingerprint density at radius 2 is 1.74 bits per heavy atom. The first-order chi connectivity index (χ1) is 20.4. The lowest BCUT2D eigenvalue weighted by Gasteiger charge is -2.20. The summed E-state index contributed by atoms with van der Waals surface area (Å²) in [5.41, 5.74) is 1.79. The molecule has 0 fully saturated rings. The van der Waals surface area contributed by atoms with E-state index in [0.29, 0.717) is 27.7 Å². The van der Waals surface area contributed by atoms with Crippen LogP contribution in [0.25, 0.3) is 44.6 Å². The van der Waals surface area contributed by atoms with Gasteiger partial charge in [-0.2, -0.15) is 0 Å². The number of H-pyrrole nitrogens is 1. The maximum atomic E-state index is 16.4. The Hall–Kier alpha value is -5.03. The van der Waals surface area contributed by atoms with Crippen LogP contribution in [-0.2, 0) is 10.0 Å². The molecule has 0 saturated heterocycles. The van der Waals surface area contributed by atoms with Gasteiger partial charge in [0, 0.05) is 58.8 Å². The molecule has 5 rings (SSSR count). The predicted molar refractivity (Wildman–Crippen MR) is 164 cm³/mol. The van der Waals surface area contributed by atoms with E-state index in [2.05, 4.69) is 16.9 Å². The maximum Gasteiger partial charge on any atom is 0.255 e.